The van der Waals surface area contributed by atoms with Gasteiger partial charge in [0, 0.05) is 0 Å². The first-order chi connectivity index (χ1) is 15.6. The molecule has 3 heteroatoms. The molecule has 0 aliphatic heterocycles. The standard InChI is InChI=1S/C30H38OSi2/c1-24-22-29(31-32(5,6)30(2,3)4)28(24)23-33(25-16-10-7-11-17-25,26-18-12-8-13-19-26)27-20-14-9-15-21-27/h7-21,23-24,29H,22H2,1-6H3/b28-23-/t24-,29+/m1/s1. The average Bonchev–Trinajstić information content (AvgIpc) is 2.80. The maximum atomic E-state index is 6.97. The summed E-state index contributed by atoms with van der Waals surface area (Å²) in [5.74, 6) is 0.558. The van der Waals surface area contributed by atoms with Crippen molar-refractivity contribution >= 4 is 32.0 Å². The highest BCUT2D eigenvalue weighted by Gasteiger charge is 2.46. The zero-order valence-corrected chi connectivity index (χ0v) is 23.0. The van der Waals surface area contributed by atoms with Crippen molar-refractivity contribution < 1.29 is 4.43 Å². The summed E-state index contributed by atoms with van der Waals surface area (Å²) in [6.45, 7) is 14.1. The van der Waals surface area contributed by atoms with Crippen molar-refractivity contribution in [2.45, 2.75) is 58.4 Å². The summed E-state index contributed by atoms with van der Waals surface area (Å²) in [6, 6.07) is 33.5. The summed E-state index contributed by atoms with van der Waals surface area (Å²) in [4.78, 5) is 0. The third-order valence-electron chi connectivity index (χ3n) is 7.82. The molecule has 2 atom stereocenters. The van der Waals surface area contributed by atoms with Crippen molar-refractivity contribution in [1.82, 2.24) is 0 Å². The van der Waals surface area contributed by atoms with Crippen molar-refractivity contribution in [3.05, 3.63) is 102 Å². The van der Waals surface area contributed by atoms with E-state index in [1.54, 1.807) is 0 Å². The van der Waals surface area contributed by atoms with Gasteiger partial charge in [0.25, 0.3) is 0 Å². The van der Waals surface area contributed by atoms with Gasteiger partial charge in [0.15, 0.2) is 16.4 Å². The molecule has 1 aliphatic rings. The molecule has 0 N–H and O–H groups in total. The van der Waals surface area contributed by atoms with Crippen molar-refractivity contribution in [2.24, 2.45) is 5.92 Å². The number of hydrogen-bond donors (Lipinski definition) is 0. The minimum absolute atomic E-state index is 0.212. The Bertz CT molecular complexity index is 986. The minimum Gasteiger partial charge on any atom is -0.410 e. The first-order valence-electron chi connectivity index (χ1n) is 12.2. The van der Waals surface area contributed by atoms with Gasteiger partial charge in [-0.1, -0.05) is 124 Å². The summed E-state index contributed by atoms with van der Waals surface area (Å²) in [5.41, 5.74) is 4.18. The molecule has 1 saturated carbocycles. The summed E-state index contributed by atoms with van der Waals surface area (Å²) >= 11 is 0. The molecule has 1 aliphatic carbocycles. The normalized spacial score (nSPS) is 20.5. The Morgan fingerprint density at radius 2 is 1.12 bits per heavy atom. The highest BCUT2D eigenvalue weighted by molar-refractivity contribution is 7.14. The fourth-order valence-electron chi connectivity index (χ4n) is 4.74. The highest BCUT2D eigenvalue weighted by atomic mass is 28.4. The van der Waals surface area contributed by atoms with Gasteiger partial charge in [-0.25, -0.2) is 0 Å². The van der Waals surface area contributed by atoms with Crippen LogP contribution in [0.25, 0.3) is 0 Å². The molecule has 0 aromatic heterocycles. The number of benzene rings is 3. The highest BCUT2D eigenvalue weighted by Crippen LogP contribution is 2.44. The topological polar surface area (TPSA) is 9.23 Å². The first kappa shape index (κ1) is 23.9. The van der Waals surface area contributed by atoms with Gasteiger partial charge in [0.1, 0.15) is 0 Å². The largest absolute Gasteiger partial charge is 0.410 e. The molecule has 0 saturated heterocycles. The molecular weight excluding hydrogens is 433 g/mol. The lowest BCUT2D eigenvalue weighted by Crippen LogP contribution is -2.67. The molecule has 33 heavy (non-hydrogen) atoms. The van der Waals surface area contributed by atoms with Crippen LogP contribution in [0.1, 0.15) is 34.1 Å². The maximum absolute atomic E-state index is 6.97. The van der Waals surface area contributed by atoms with Gasteiger partial charge in [-0.15, -0.1) is 0 Å². The van der Waals surface area contributed by atoms with E-state index in [0.717, 1.165) is 6.42 Å². The van der Waals surface area contributed by atoms with E-state index in [1.807, 2.05) is 0 Å². The maximum Gasteiger partial charge on any atom is 0.192 e. The molecule has 0 spiro atoms. The summed E-state index contributed by atoms with van der Waals surface area (Å²) in [6.07, 6.45) is 1.37. The molecule has 0 bridgehead atoms. The van der Waals surface area contributed by atoms with Gasteiger partial charge in [0.2, 0.25) is 0 Å². The second-order valence-electron chi connectivity index (χ2n) is 11.1. The summed E-state index contributed by atoms with van der Waals surface area (Å²) in [7, 11) is -4.24. The van der Waals surface area contributed by atoms with E-state index in [2.05, 4.69) is 137 Å². The molecule has 172 valence electrons. The van der Waals surface area contributed by atoms with E-state index in [4.69, 9.17) is 4.43 Å². The van der Waals surface area contributed by atoms with E-state index >= 15 is 0 Å². The fourth-order valence-corrected chi connectivity index (χ4v) is 10.7. The van der Waals surface area contributed by atoms with Gasteiger partial charge in [-0.05, 0) is 51.6 Å². The molecule has 4 rings (SSSR count). The second-order valence-corrected chi connectivity index (χ2v) is 19.4. The van der Waals surface area contributed by atoms with Crippen molar-refractivity contribution in [3.63, 3.8) is 0 Å². The Labute approximate surface area is 202 Å². The Morgan fingerprint density at radius 1 is 0.727 bits per heavy atom. The van der Waals surface area contributed by atoms with E-state index in [1.165, 1.54) is 21.1 Å². The molecule has 3 aromatic rings. The van der Waals surface area contributed by atoms with Crippen LogP contribution < -0.4 is 15.6 Å². The zero-order chi connectivity index (χ0) is 23.7. The first-order valence-corrected chi connectivity index (χ1v) is 17.2. The van der Waals surface area contributed by atoms with Crippen LogP contribution in [0.3, 0.4) is 0 Å². The van der Waals surface area contributed by atoms with E-state index in [-0.39, 0.29) is 11.1 Å². The molecule has 0 unspecified atom stereocenters. The van der Waals surface area contributed by atoms with Crippen LogP contribution in [-0.4, -0.2) is 22.5 Å². The van der Waals surface area contributed by atoms with Crippen molar-refractivity contribution in [2.75, 3.05) is 0 Å². The van der Waals surface area contributed by atoms with Crippen LogP contribution in [-0.2, 0) is 4.43 Å². The lowest BCUT2D eigenvalue weighted by Gasteiger charge is -2.47. The van der Waals surface area contributed by atoms with E-state index in [9.17, 15) is 0 Å². The van der Waals surface area contributed by atoms with Gasteiger partial charge in [-0.3, -0.25) is 0 Å². The number of hydrogen-bond acceptors (Lipinski definition) is 1. The Kier molecular flexibility index (Phi) is 6.68. The molecule has 1 fully saturated rings. The average molecular weight is 471 g/mol. The monoisotopic (exact) mass is 470 g/mol. The van der Waals surface area contributed by atoms with Crippen LogP contribution >= 0.6 is 0 Å². The van der Waals surface area contributed by atoms with Crippen LogP contribution in [0.15, 0.2) is 102 Å². The Balaban J connectivity index is 1.91. The zero-order valence-electron chi connectivity index (χ0n) is 21.0. The predicted molar refractivity (Wildman–Crippen MR) is 148 cm³/mol. The van der Waals surface area contributed by atoms with Crippen molar-refractivity contribution in [3.8, 4) is 0 Å². The van der Waals surface area contributed by atoms with E-state index < -0.39 is 16.4 Å². The van der Waals surface area contributed by atoms with Gasteiger partial charge >= 0.3 is 0 Å². The van der Waals surface area contributed by atoms with Gasteiger partial charge in [-0.2, -0.15) is 0 Å². The van der Waals surface area contributed by atoms with Crippen molar-refractivity contribution in [1.29, 1.82) is 0 Å². The van der Waals surface area contributed by atoms with E-state index in [0.29, 0.717) is 5.92 Å². The molecule has 0 amide bonds. The third-order valence-corrected chi connectivity index (χ3v) is 16.8. The molecule has 0 radical (unpaired) electrons. The smallest absolute Gasteiger partial charge is 0.192 e. The Hall–Kier alpha value is -2.21. The second kappa shape index (κ2) is 9.21. The Morgan fingerprint density at radius 3 is 1.45 bits per heavy atom. The van der Waals surface area contributed by atoms with Crippen LogP contribution in [0.5, 0.6) is 0 Å². The summed E-state index contributed by atoms with van der Waals surface area (Å²) in [5, 5.41) is 4.50. The van der Waals surface area contributed by atoms with Gasteiger partial charge in [0.05, 0.1) is 6.10 Å². The minimum atomic E-state index is -2.39. The quantitative estimate of drug-likeness (QED) is 0.315. The summed E-state index contributed by atoms with van der Waals surface area (Å²) < 4.78 is 6.97. The third kappa shape index (κ3) is 4.59. The molecule has 0 heterocycles. The molecular formula is C30H38OSi2. The lowest BCUT2D eigenvalue weighted by atomic mass is 9.79. The van der Waals surface area contributed by atoms with Crippen LogP contribution in [0.4, 0.5) is 0 Å². The number of rotatable bonds is 6. The lowest BCUT2D eigenvalue weighted by molar-refractivity contribution is 0.130. The fraction of sp³-hybridized carbons (Fsp3) is 0.333. The van der Waals surface area contributed by atoms with Crippen LogP contribution in [0, 0.1) is 5.92 Å². The predicted octanol–water partition coefficient (Wildman–Crippen LogP) is 6.05. The van der Waals surface area contributed by atoms with Gasteiger partial charge < -0.3 is 4.43 Å². The van der Waals surface area contributed by atoms with Crippen LogP contribution in [0.2, 0.25) is 18.1 Å². The SMILES string of the molecule is C[C@@H]1C[C@H](O[Si](C)(C)C(C)(C)C)/C1=C\[Si](c1ccccc1)(c1ccccc1)c1ccccc1. The molecule has 3 aromatic carbocycles. The molecule has 1 nitrogen and oxygen atoms in total.